The van der Waals surface area contributed by atoms with Gasteiger partial charge in [0.1, 0.15) is 0 Å². The van der Waals surface area contributed by atoms with Crippen LogP contribution in [0, 0.1) is 11.3 Å². The van der Waals surface area contributed by atoms with Gasteiger partial charge >= 0.3 is 0 Å². The van der Waals surface area contributed by atoms with E-state index in [9.17, 15) is 0 Å². The van der Waals surface area contributed by atoms with E-state index in [2.05, 4.69) is 40.9 Å². The van der Waals surface area contributed by atoms with Gasteiger partial charge in [-0.1, -0.05) is 42.5 Å². The summed E-state index contributed by atoms with van der Waals surface area (Å²) in [7, 11) is 2.05. The first-order chi connectivity index (χ1) is 11.3. The number of fused-ring (bicyclic) bond motifs is 1. The number of aryl methyl sites for hydroxylation is 1. The van der Waals surface area contributed by atoms with Gasteiger partial charge in [0.05, 0.1) is 23.9 Å². The van der Waals surface area contributed by atoms with Gasteiger partial charge in [-0.2, -0.15) is 5.26 Å². The zero-order chi connectivity index (χ0) is 16.1. The highest BCUT2D eigenvalue weighted by atomic mass is 35.5. The second kappa shape index (κ2) is 8.14. The quantitative estimate of drug-likeness (QED) is 0.642. The van der Waals surface area contributed by atoms with Gasteiger partial charge in [0, 0.05) is 24.2 Å². The molecule has 0 fully saturated rings. The van der Waals surface area contributed by atoms with Crippen LogP contribution >= 0.6 is 12.4 Å². The SMILES string of the molecule is Cl.Cn1c(C=NC/C=C/c2ccc(C#N)cc2)cc2ccccc21. The minimum atomic E-state index is 0. The van der Waals surface area contributed by atoms with Crippen molar-refractivity contribution in [2.24, 2.45) is 12.0 Å². The third kappa shape index (κ3) is 3.92. The minimum absolute atomic E-state index is 0. The van der Waals surface area contributed by atoms with Crippen molar-refractivity contribution in [3.63, 3.8) is 0 Å². The monoisotopic (exact) mass is 335 g/mol. The molecule has 0 bridgehead atoms. The summed E-state index contributed by atoms with van der Waals surface area (Å²) >= 11 is 0. The molecule has 0 aliphatic heterocycles. The molecule has 1 heterocycles. The number of hydrogen-bond donors (Lipinski definition) is 0. The lowest BCUT2D eigenvalue weighted by molar-refractivity contribution is 0.957. The van der Waals surface area contributed by atoms with Crippen LogP contribution in [0.2, 0.25) is 0 Å². The lowest BCUT2D eigenvalue weighted by Crippen LogP contribution is -1.94. The van der Waals surface area contributed by atoms with Crippen molar-refractivity contribution < 1.29 is 0 Å². The molecule has 0 saturated carbocycles. The first-order valence-corrected chi connectivity index (χ1v) is 7.49. The van der Waals surface area contributed by atoms with E-state index in [1.165, 1.54) is 10.9 Å². The van der Waals surface area contributed by atoms with E-state index in [0.29, 0.717) is 12.1 Å². The van der Waals surface area contributed by atoms with Crippen LogP contribution in [0.25, 0.3) is 17.0 Å². The van der Waals surface area contributed by atoms with E-state index >= 15 is 0 Å². The highest BCUT2D eigenvalue weighted by molar-refractivity contribution is 5.90. The molecule has 0 atom stereocenters. The molecule has 1 aromatic heterocycles. The van der Waals surface area contributed by atoms with Crippen LogP contribution in [-0.2, 0) is 7.05 Å². The van der Waals surface area contributed by atoms with E-state index < -0.39 is 0 Å². The number of aliphatic imine (C=N–C) groups is 1. The van der Waals surface area contributed by atoms with Gasteiger partial charge in [0.2, 0.25) is 0 Å². The van der Waals surface area contributed by atoms with Gasteiger partial charge in [-0.05, 0) is 29.8 Å². The molecule has 3 nitrogen and oxygen atoms in total. The summed E-state index contributed by atoms with van der Waals surface area (Å²) in [5.74, 6) is 0. The molecule has 0 saturated heterocycles. The van der Waals surface area contributed by atoms with Crippen LogP contribution in [-0.4, -0.2) is 17.3 Å². The topological polar surface area (TPSA) is 41.1 Å². The molecule has 120 valence electrons. The molecule has 0 radical (unpaired) electrons. The molecule has 3 aromatic rings. The van der Waals surface area contributed by atoms with Gasteiger partial charge in [-0.15, -0.1) is 12.4 Å². The first-order valence-electron chi connectivity index (χ1n) is 7.49. The van der Waals surface area contributed by atoms with E-state index in [1.54, 1.807) is 0 Å². The summed E-state index contributed by atoms with van der Waals surface area (Å²) in [5.41, 5.74) is 4.06. The van der Waals surface area contributed by atoms with Crippen molar-refractivity contribution >= 4 is 35.6 Å². The lowest BCUT2D eigenvalue weighted by Gasteiger charge is -1.98. The van der Waals surface area contributed by atoms with Crippen molar-refractivity contribution in [2.45, 2.75) is 0 Å². The lowest BCUT2D eigenvalue weighted by atomic mass is 10.1. The molecular formula is C20H18ClN3. The van der Waals surface area contributed by atoms with Crippen LogP contribution in [0.15, 0.2) is 65.7 Å². The molecule has 0 N–H and O–H groups in total. The number of rotatable bonds is 4. The van der Waals surface area contributed by atoms with E-state index in [0.717, 1.165) is 11.3 Å². The molecule has 24 heavy (non-hydrogen) atoms. The number of nitrogens with zero attached hydrogens (tertiary/aromatic N) is 3. The minimum Gasteiger partial charge on any atom is -0.343 e. The number of aromatic nitrogens is 1. The Labute approximate surface area is 148 Å². The second-order valence-corrected chi connectivity index (χ2v) is 5.32. The third-order valence-corrected chi connectivity index (χ3v) is 3.77. The Bertz CT molecular complexity index is 912. The van der Waals surface area contributed by atoms with E-state index in [4.69, 9.17) is 5.26 Å². The van der Waals surface area contributed by atoms with Crippen LogP contribution in [0.1, 0.15) is 16.8 Å². The summed E-state index contributed by atoms with van der Waals surface area (Å²) in [6, 6.07) is 20.1. The summed E-state index contributed by atoms with van der Waals surface area (Å²) in [5, 5.41) is 9.99. The molecule has 0 aliphatic carbocycles. The van der Waals surface area contributed by atoms with Crippen molar-refractivity contribution in [3.8, 4) is 6.07 Å². The fourth-order valence-electron chi connectivity index (χ4n) is 2.50. The van der Waals surface area contributed by atoms with Crippen LogP contribution in [0.3, 0.4) is 0 Å². The Morgan fingerprint density at radius 1 is 1.12 bits per heavy atom. The maximum atomic E-state index is 8.77. The summed E-state index contributed by atoms with van der Waals surface area (Å²) in [6.45, 7) is 0.627. The number of halogens is 1. The zero-order valence-corrected chi connectivity index (χ0v) is 14.2. The first kappa shape index (κ1) is 17.5. The Morgan fingerprint density at radius 3 is 2.58 bits per heavy atom. The Kier molecular flexibility index (Phi) is 5.95. The van der Waals surface area contributed by atoms with Crippen molar-refractivity contribution in [2.75, 3.05) is 6.54 Å². The summed E-state index contributed by atoms with van der Waals surface area (Å²) in [4.78, 5) is 4.46. The molecule has 4 heteroatoms. The number of benzene rings is 2. The van der Waals surface area contributed by atoms with Crippen LogP contribution < -0.4 is 0 Å². The van der Waals surface area contributed by atoms with Gasteiger partial charge in [0.25, 0.3) is 0 Å². The fraction of sp³-hybridized carbons (Fsp3) is 0.100. The Morgan fingerprint density at radius 2 is 1.88 bits per heavy atom. The number of para-hydroxylation sites is 1. The normalized spacial score (nSPS) is 11.0. The van der Waals surface area contributed by atoms with E-state index in [1.807, 2.05) is 54.8 Å². The predicted molar refractivity (Wildman–Crippen MR) is 103 cm³/mol. The highest BCUT2D eigenvalue weighted by Gasteiger charge is 2.01. The number of hydrogen-bond acceptors (Lipinski definition) is 2. The Hall–Kier alpha value is -2.83. The molecule has 2 aromatic carbocycles. The van der Waals surface area contributed by atoms with Gasteiger partial charge in [-0.3, -0.25) is 4.99 Å². The summed E-state index contributed by atoms with van der Waals surface area (Å²) in [6.07, 6.45) is 5.93. The largest absolute Gasteiger partial charge is 0.343 e. The third-order valence-electron chi connectivity index (χ3n) is 3.77. The smallest absolute Gasteiger partial charge is 0.0991 e. The van der Waals surface area contributed by atoms with Gasteiger partial charge in [-0.25, -0.2) is 0 Å². The average molecular weight is 336 g/mol. The highest BCUT2D eigenvalue weighted by Crippen LogP contribution is 2.16. The zero-order valence-electron chi connectivity index (χ0n) is 13.4. The molecular weight excluding hydrogens is 318 g/mol. The van der Waals surface area contributed by atoms with Crippen molar-refractivity contribution in [1.29, 1.82) is 5.26 Å². The van der Waals surface area contributed by atoms with Crippen LogP contribution in [0.4, 0.5) is 0 Å². The van der Waals surface area contributed by atoms with Crippen molar-refractivity contribution in [1.82, 2.24) is 4.57 Å². The van der Waals surface area contributed by atoms with Crippen molar-refractivity contribution in [3.05, 3.63) is 77.5 Å². The fourth-order valence-corrected chi connectivity index (χ4v) is 2.50. The maximum Gasteiger partial charge on any atom is 0.0991 e. The Balaban J connectivity index is 0.00000208. The molecule has 0 amide bonds. The van der Waals surface area contributed by atoms with Gasteiger partial charge < -0.3 is 4.57 Å². The molecule has 0 aliphatic rings. The molecule has 3 rings (SSSR count). The average Bonchev–Trinajstić information content (AvgIpc) is 2.92. The predicted octanol–water partition coefficient (Wildman–Crippen LogP) is 4.60. The second-order valence-electron chi connectivity index (χ2n) is 5.32. The van der Waals surface area contributed by atoms with Gasteiger partial charge in [0.15, 0.2) is 0 Å². The summed E-state index contributed by atoms with van der Waals surface area (Å²) < 4.78 is 2.14. The molecule has 0 spiro atoms. The van der Waals surface area contributed by atoms with Crippen LogP contribution in [0.5, 0.6) is 0 Å². The maximum absolute atomic E-state index is 8.77. The van der Waals surface area contributed by atoms with E-state index in [-0.39, 0.29) is 12.4 Å². The molecule has 0 unspecified atom stereocenters. The standard InChI is InChI=1S/C20H17N3.ClH/c1-23-19(13-18-6-2-3-7-20(18)23)15-22-12-4-5-16-8-10-17(14-21)11-9-16;/h2-11,13,15H,12H2,1H3;1H/b5-4+,22-15?;. The number of nitriles is 1.